The minimum Gasteiger partial charge on any atom is -0.507 e. The van der Waals surface area contributed by atoms with Crippen LogP contribution in [0.5, 0.6) is 11.5 Å². The van der Waals surface area contributed by atoms with E-state index in [1.807, 2.05) is 19.1 Å². The van der Waals surface area contributed by atoms with Crippen molar-refractivity contribution in [1.29, 1.82) is 0 Å². The third-order valence-corrected chi connectivity index (χ3v) is 3.84. The van der Waals surface area contributed by atoms with E-state index in [1.54, 1.807) is 31.4 Å². The molecule has 128 valence electrons. The molecule has 1 N–H and O–H groups in total. The molecule has 1 heterocycles. The van der Waals surface area contributed by atoms with E-state index >= 15 is 0 Å². The van der Waals surface area contributed by atoms with E-state index in [2.05, 4.69) is 10.1 Å². The second kappa shape index (κ2) is 7.17. The van der Waals surface area contributed by atoms with Gasteiger partial charge in [-0.1, -0.05) is 19.1 Å². The van der Waals surface area contributed by atoms with E-state index in [9.17, 15) is 9.90 Å². The van der Waals surface area contributed by atoms with Crippen molar-refractivity contribution in [2.24, 2.45) is 5.10 Å². The lowest BCUT2D eigenvalue weighted by Gasteiger charge is -2.08. The topological polar surface area (TPSA) is 76.7 Å². The van der Waals surface area contributed by atoms with Crippen molar-refractivity contribution in [3.8, 4) is 11.5 Å². The Morgan fingerprint density at radius 2 is 2.08 bits per heavy atom. The number of hydrogen-bond donors (Lipinski definition) is 1. The SMILES string of the molecule is CCCc1nc2ccccc2c(=O)n1N=Cc1cc(OC)ccc1O. The molecule has 25 heavy (non-hydrogen) atoms. The Kier molecular flexibility index (Phi) is 4.79. The summed E-state index contributed by atoms with van der Waals surface area (Å²) in [6, 6.07) is 12.0. The molecule has 0 unspecified atom stereocenters. The number of nitrogens with zero attached hydrogens (tertiary/aromatic N) is 3. The van der Waals surface area contributed by atoms with Crippen LogP contribution in [-0.2, 0) is 6.42 Å². The Bertz CT molecular complexity index is 993. The van der Waals surface area contributed by atoms with Crippen LogP contribution in [0, 0.1) is 0 Å². The molecular formula is C19H19N3O3. The van der Waals surface area contributed by atoms with Crippen molar-refractivity contribution < 1.29 is 9.84 Å². The summed E-state index contributed by atoms with van der Waals surface area (Å²) in [5.41, 5.74) is 0.890. The smallest absolute Gasteiger partial charge is 0.282 e. The van der Waals surface area contributed by atoms with Crippen LogP contribution < -0.4 is 10.3 Å². The standard InChI is InChI=1S/C19H19N3O3/c1-3-6-18-21-16-8-5-4-7-15(16)19(24)22(18)20-12-13-11-14(25-2)9-10-17(13)23/h4-5,7-12,23H,3,6H2,1-2H3. The molecule has 6 nitrogen and oxygen atoms in total. The van der Waals surface area contributed by atoms with Crippen molar-refractivity contribution >= 4 is 17.1 Å². The third-order valence-electron chi connectivity index (χ3n) is 3.84. The van der Waals surface area contributed by atoms with E-state index in [1.165, 1.54) is 17.0 Å². The number of rotatable bonds is 5. The highest BCUT2D eigenvalue weighted by Gasteiger charge is 2.10. The predicted octanol–water partition coefficient (Wildman–Crippen LogP) is 2.95. The van der Waals surface area contributed by atoms with Gasteiger partial charge < -0.3 is 9.84 Å². The van der Waals surface area contributed by atoms with Crippen LogP contribution in [0.15, 0.2) is 52.4 Å². The molecule has 0 saturated carbocycles. The van der Waals surface area contributed by atoms with Crippen molar-refractivity contribution in [3.63, 3.8) is 0 Å². The van der Waals surface area contributed by atoms with Crippen LogP contribution in [0.3, 0.4) is 0 Å². The van der Waals surface area contributed by atoms with Gasteiger partial charge in [-0.2, -0.15) is 9.78 Å². The quantitative estimate of drug-likeness (QED) is 0.726. The van der Waals surface area contributed by atoms with Gasteiger partial charge in [0.1, 0.15) is 17.3 Å². The van der Waals surface area contributed by atoms with Crippen LogP contribution in [0.4, 0.5) is 0 Å². The molecule has 2 aromatic carbocycles. The number of aromatic nitrogens is 2. The molecule has 0 aliphatic heterocycles. The molecule has 0 aliphatic carbocycles. The highest BCUT2D eigenvalue weighted by molar-refractivity contribution is 5.84. The fourth-order valence-corrected chi connectivity index (χ4v) is 2.56. The molecule has 0 atom stereocenters. The predicted molar refractivity (Wildman–Crippen MR) is 97.6 cm³/mol. The second-order valence-corrected chi connectivity index (χ2v) is 5.58. The molecule has 3 rings (SSSR count). The first-order valence-electron chi connectivity index (χ1n) is 8.06. The summed E-state index contributed by atoms with van der Waals surface area (Å²) in [6.45, 7) is 2.02. The van der Waals surface area contributed by atoms with Gasteiger partial charge in [0.15, 0.2) is 0 Å². The number of ether oxygens (including phenoxy) is 1. The van der Waals surface area contributed by atoms with Crippen molar-refractivity contribution in [1.82, 2.24) is 9.66 Å². The Morgan fingerprint density at radius 3 is 2.84 bits per heavy atom. The summed E-state index contributed by atoms with van der Waals surface area (Å²) < 4.78 is 6.45. The number of benzene rings is 2. The molecular weight excluding hydrogens is 318 g/mol. The van der Waals surface area contributed by atoms with Crippen LogP contribution in [0.2, 0.25) is 0 Å². The van der Waals surface area contributed by atoms with Crippen LogP contribution in [0.1, 0.15) is 24.7 Å². The van der Waals surface area contributed by atoms with Gasteiger partial charge >= 0.3 is 0 Å². The van der Waals surface area contributed by atoms with Gasteiger partial charge in [0.2, 0.25) is 0 Å². The molecule has 0 radical (unpaired) electrons. The summed E-state index contributed by atoms with van der Waals surface area (Å²) in [7, 11) is 1.55. The van der Waals surface area contributed by atoms with E-state index in [-0.39, 0.29) is 11.3 Å². The monoisotopic (exact) mass is 337 g/mol. The van der Waals surface area contributed by atoms with E-state index in [0.29, 0.717) is 34.5 Å². The molecule has 0 aliphatic rings. The molecule has 3 aromatic rings. The number of aryl methyl sites for hydroxylation is 1. The largest absolute Gasteiger partial charge is 0.507 e. The Balaban J connectivity index is 2.13. The van der Waals surface area contributed by atoms with E-state index < -0.39 is 0 Å². The van der Waals surface area contributed by atoms with Crippen molar-refractivity contribution in [3.05, 3.63) is 64.2 Å². The summed E-state index contributed by atoms with van der Waals surface area (Å²) in [5, 5.41) is 14.8. The lowest BCUT2D eigenvalue weighted by Crippen LogP contribution is -2.22. The van der Waals surface area contributed by atoms with Gasteiger partial charge in [-0.15, -0.1) is 0 Å². The van der Waals surface area contributed by atoms with Gasteiger partial charge in [0.25, 0.3) is 5.56 Å². The fourth-order valence-electron chi connectivity index (χ4n) is 2.56. The number of para-hydroxylation sites is 1. The number of hydrogen-bond acceptors (Lipinski definition) is 5. The van der Waals surface area contributed by atoms with Crippen LogP contribution in [0.25, 0.3) is 10.9 Å². The lowest BCUT2D eigenvalue weighted by molar-refractivity contribution is 0.412. The minimum absolute atomic E-state index is 0.0587. The summed E-state index contributed by atoms with van der Waals surface area (Å²) in [5.74, 6) is 1.24. The lowest BCUT2D eigenvalue weighted by atomic mass is 10.2. The maximum absolute atomic E-state index is 12.8. The molecule has 0 bridgehead atoms. The normalized spacial score (nSPS) is 11.3. The zero-order valence-corrected chi connectivity index (χ0v) is 14.1. The van der Waals surface area contributed by atoms with Crippen molar-refractivity contribution in [2.45, 2.75) is 19.8 Å². The minimum atomic E-state index is -0.229. The van der Waals surface area contributed by atoms with Crippen molar-refractivity contribution in [2.75, 3.05) is 7.11 Å². The van der Waals surface area contributed by atoms with Gasteiger partial charge in [0.05, 0.1) is 24.2 Å². The van der Waals surface area contributed by atoms with E-state index in [4.69, 9.17) is 4.74 Å². The molecule has 1 aromatic heterocycles. The number of phenols is 1. The Morgan fingerprint density at radius 1 is 1.28 bits per heavy atom. The maximum Gasteiger partial charge on any atom is 0.282 e. The number of methoxy groups -OCH3 is 1. The summed E-state index contributed by atoms with van der Waals surface area (Å²) >= 11 is 0. The molecule has 0 amide bonds. The maximum atomic E-state index is 12.8. The third kappa shape index (κ3) is 3.38. The van der Waals surface area contributed by atoms with Gasteiger partial charge in [-0.05, 0) is 36.8 Å². The van der Waals surface area contributed by atoms with Gasteiger partial charge in [-0.3, -0.25) is 4.79 Å². The number of fused-ring (bicyclic) bond motifs is 1. The first-order chi connectivity index (χ1) is 12.1. The average molecular weight is 337 g/mol. The fraction of sp³-hybridized carbons (Fsp3) is 0.211. The Labute approximate surface area is 145 Å². The van der Waals surface area contributed by atoms with Gasteiger partial charge in [-0.25, -0.2) is 4.98 Å². The first-order valence-corrected chi connectivity index (χ1v) is 8.06. The van der Waals surface area contributed by atoms with Crippen LogP contribution >= 0.6 is 0 Å². The first kappa shape index (κ1) is 16.7. The van der Waals surface area contributed by atoms with Crippen LogP contribution in [-0.4, -0.2) is 28.1 Å². The summed E-state index contributed by atoms with van der Waals surface area (Å²) in [6.07, 6.45) is 2.90. The molecule has 6 heteroatoms. The average Bonchev–Trinajstić information content (AvgIpc) is 2.63. The number of phenolic OH excluding ortho intramolecular Hbond substituents is 1. The molecule has 0 fully saturated rings. The summed E-state index contributed by atoms with van der Waals surface area (Å²) in [4.78, 5) is 17.3. The highest BCUT2D eigenvalue weighted by Crippen LogP contribution is 2.21. The van der Waals surface area contributed by atoms with Gasteiger partial charge in [0, 0.05) is 12.0 Å². The Hall–Kier alpha value is -3.15. The number of aromatic hydroxyl groups is 1. The second-order valence-electron chi connectivity index (χ2n) is 5.58. The van der Waals surface area contributed by atoms with E-state index in [0.717, 1.165) is 6.42 Å². The molecule has 0 spiro atoms. The zero-order chi connectivity index (χ0) is 17.8. The zero-order valence-electron chi connectivity index (χ0n) is 14.1. The molecule has 0 saturated heterocycles. The highest BCUT2D eigenvalue weighted by atomic mass is 16.5.